The van der Waals surface area contributed by atoms with Crippen LogP contribution in [0.25, 0.3) is 32.7 Å². The summed E-state index contributed by atoms with van der Waals surface area (Å²) >= 11 is 0. The van der Waals surface area contributed by atoms with Gasteiger partial charge in [0.1, 0.15) is 5.75 Å². The average Bonchev–Trinajstić information content (AvgIpc) is 3.59. The van der Waals surface area contributed by atoms with Crippen molar-refractivity contribution in [2.75, 3.05) is 7.11 Å². The largest absolute Gasteiger partial charge is 0.497 e. The highest BCUT2D eigenvalue weighted by Gasteiger charge is 2.27. The third-order valence-corrected chi connectivity index (χ3v) is 8.20. The minimum absolute atomic E-state index is 0.00789. The molecule has 0 spiro atoms. The maximum atomic E-state index is 14.7. The molecule has 5 nitrogen and oxygen atoms in total. The van der Waals surface area contributed by atoms with Crippen LogP contribution in [0.2, 0.25) is 0 Å². The molecule has 0 fully saturated rings. The van der Waals surface area contributed by atoms with Crippen LogP contribution in [0, 0.1) is 13.8 Å². The molecular formula is C36H31N3O2. The molecule has 0 atom stereocenters. The number of hydrogen-bond donors (Lipinski definition) is 2. The van der Waals surface area contributed by atoms with Gasteiger partial charge < -0.3 is 19.3 Å². The quantitative estimate of drug-likeness (QED) is 0.227. The van der Waals surface area contributed by atoms with E-state index in [4.69, 9.17) is 4.74 Å². The number of nitrogens with zero attached hydrogens (tertiary/aromatic N) is 1. The molecule has 202 valence electrons. The molecule has 0 amide bonds. The van der Waals surface area contributed by atoms with Crippen molar-refractivity contribution in [2.45, 2.75) is 26.3 Å². The van der Waals surface area contributed by atoms with Gasteiger partial charge in [-0.2, -0.15) is 0 Å². The topological polar surface area (TPSA) is 62.8 Å². The lowest BCUT2D eigenvalue weighted by Gasteiger charge is -2.20. The third-order valence-electron chi connectivity index (χ3n) is 8.20. The molecule has 2 N–H and O–H groups in total. The number of aromatic nitrogens is 3. The van der Waals surface area contributed by atoms with E-state index in [0.29, 0.717) is 6.54 Å². The van der Waals surface area contributed by atoms with Gasteiger partial charge >= 0.3 is 0 Å². The number of hydrogen-bond acceptors (Lipinski definition) is 2. The summed E-state index contributed by atoms with van der Waals surface area (Å²) in [6.45, 7) is 4.68. The standard InChI is InChI=1S/C36H31N3O2/c1-22-8-14-32-27(16-22)30(19-37-32)35(31-20-38-33-15-9-23(2)17-28(31)33)29-18-25-6-4-5-7-34(25)39(36(29)40)21-24-10-12-26(41-3)13-11-24/h4-20,35,37-38H,21H2,1-3H3. The van der Waals surface area contributed by atoms with Gasteiger partial charge in [-0.15, -0.1) is 0 Å². The molecule has 0 bridgehead atoms. The van der Waals surface area contributed by atoms with Crippen molar-refractivity contribution >= 4 is 32.7 Å². The molecule has 0 saturated carbocycles. The molecule has 0 aliphatic rings. The summed E-state index contributed by atoms with van der Waals surface area (Å²) in [4.78, 5) is 21.6. The highest BCUT2D eigenvalue weighted by Crippen LogP contribution is 2.39. The second-order valence-electron chi connectivity index (χ2n) is 10.9. The molecule has 0 aliphatic heterocycles. The first kappa shape index (κ1) is 25.0. The monoisotopic (exact) mass is 537 g/mol. The second-order valence-corrected chi connectivity index (χ2v) is 10.9. The Hall–Kier alpha value is -5.03. The highest BCUT2D eigenvalue weighted by atomic mass is 16.5. The molecule has 3 aromatic heterocycles. The van der Waals surface area contributed by atoms with Gasteiger partial charge in [0.05, 0.1) is 19.2 Å². The Labute approximate surface area is 238 Å². The SMILES string of the molecule is COc1ccc(Cn2c(=O)c(C(c3c[nH]c4ccc(C)cc34)c3c[nH]c4ccc(C)cc34)cc3ccccc32)cc1. The fourth-order valence-corrected chi connectivity index (χ4v) is 6.12. The Balaban J connectivity index is 1.52. The first-order chi connectivity index (χ1) is 20.0. The number of fused-ring (bicyclic) bond motifs is 3. The van der Waals surface area contributed by atoms with Gasteiger partial charge in [-0.3, -0.25) is 4.79 Å². The Morgan fingerprint density at radius 1 is 0.732 bits per heavy atom. The normalized spacial score (nSPS) is 11.7. The predicted molar refractivity (Wildman–Crippen MR) is 167 cm³/mol. The fraction of sp³-hybridized carbons (Fsp3) is 0.139. The van der Waals surface area contributed by atoms with Crippen molar-refractivity contribution in [2.24, 2.45) is 0 Å². The molecule has 0 unspecified atom stereocenters. The van der Waals surface area contributed by atoms with E-state index in [1.807, 2.05) is 47.0 Å². The van der Waals surface area contributed by atoms with Crippen LogP contribution in [-0.2, 0) is 6.54 Å². The molecule has 0 saturated heterocycles. The summed E-state index contributed by atoms with van der Waals surface area (Å²) in [5, 5.41) is 3.30. The van der Waals surface area contributed by atoms with Crippen LogP contribution in [0.3, 0.4) is 0 Å². The minimum atomic E-state index is -0.277. The smallest absolute Gasteiger partial charge is 0.255 e. The molecule has 7 aromatic rings. The molecular weight excluding hydrogens is 506 g/mol. The van der Waals surface area contributed by atoms with Crippen molar-refractivity contribution in [1.29, 1.82) is 0 Å². The number of benzene rings is 4. The predicted octanol–water partition coefficient (Wildman–Crippen LogP) is 7.82. The summed E-state index contributed by atoms with van der Waals surface area (Å²) < 4.78 is 7.28. The summed E-state index contributed by atoms with van der Waals surface area (Å²) in [6.07, 6.45) is 4.15. The van der Waals surface area contributed by atoms with Gasteiger partial charge in [0.2, 0.25) is 0 Å². The summed E-state index contributed by atoms with van der Waals surface area (Å²) in [7, 11) is 1.66. The Kier molecular flexibility index (Phi) is 6.01. The lowest BCUT2D eigenvalue weighted by atomic mass is 9.84. The van der Waals surface area contributed by atoms with Gasteiger partial charge in [0.25, 0.3) is 5.56 Å². The lowest BCUT2D eigenvalue weighted by molar-refractivity contribution is 0.414. The maximum Gasteiger partial charge on any atom is 0.255 e. The number of rotatable bonds is 6. The summed E-state index contributed by atoms with van der Waals surface area (Å²) in [6, 6.07) is 31.1. The molecule has 0 aliphatic carbocycles. The zero-order valence-electron chi connectivity index (χ0n) is 23.4. The van der Waals surface area contributed by atoms with Gasteiger partial charge in [-0.05, 0) is 84.5 Å². The number of H-pyrrole nitrogens is 2. The molecule has 5 heteroatoms. The van der Waals surface area contributed by atoms with Crippen LogP contribution in [0.1, 0.15) is 39.3 Å². The number of ether oxygens (including phenoxy) is 1. The van der Waals surface area contributed by atoms with E-state index in [1.165, 1.54) is 11.1 Å². The van der Waals surface area contributed by atoms with E-state index in [-0.39, 0.29) is 11.5 Å². The molecule has 4 aromatic carbocycles. The van der Waals surface area contributed by atoms with Gasteiger partial charge in [0.15, 0.2) is 0 Å². The van der Waals surface area contributed by atoms with Crippen molar-refractivity contribution in [3.8, 4) is 5.75 Å². The number of methoxy groups -OCH3 is 1. The van der Waals surface area contributed by atoms with E-state index in [2.05, 4.69) is 84.7 Å². The molecule has 0 radical (unpaired) electrons. The average molecular weight is 538 g/mol. The fourth-order valence-electron chi connectivity index (χ4n) is 6.12. The van der Waals surface area contributed by atoms with E-state index in [9.17, 15) is 4.79 Å². The number of nitrogens with one attached hydrogen (secondary N) is 2. The summed E-state index contributed by atoms with van der Waals surface area (Å²) in [5.41, 5.74) is 9.39. The van der Waals surface area contributed by atoms with E-state index >= 15 is 0 Å². The van der Waals surface area contributed by atoms with Crippen LogP contribution in [0.15, 0.2) is 108 Å². The van der Waals surface area contributed by atoms with Crippen LogP contribution in [-0.4, -0.2) is 21.6 Å². The van der Waals surface area contributed by atoms with E-state index in [0.717, 1.165) is 60.7 Å². The molecule has 3 heterocycles. The van der Waals surface area contributed by atoms with Gasteiger partial charge in [-0.25, -0.2) is 0 Å². The zero-order valence-corrected chi connectivity index (χ0v) is 23.4. The molecule has 41 heavy (non-hydrogen) atoms. The van der Waals surface area contributed by atoms with Gasteiger partial charge in [-0.1, -0.05) is 53.6 Å². The first-order valence-corrected chi connectivity index (χ1v) is 13.9. The number of aryl methyl sites for hydroxylation is 2. The van der Waals surface area contributed by atoms with Crippen LogP contribution >= 0.6 is 0 Å². The maximum absolute atomic E-state index is 14.7. The minimum Gasteiger partial charge on any atom is -0.497 e. The molecule has 7 rings (SSSR count). The van der Waals surface area contributed by atoms with E-state index < -0.39 is 0 Å². The van der Waals surface area contributed by atoms with Crippen molar-refractivity contribution in [3.63, 3.8) is 0 Å². The van der Waals surface area contributed by atoms with E-state index in [1.54, 1.807) is 7.11 Å². The van der Waals surface area contributed by atoms with Gasteiger partial charge in [0, 0.05) is 45.7 Å². The van der Waals surface area contributed by atoms with Crippen LogP contribution in [0.4, 0.5) is 0 Å². The Bertz CT molecular complexity index is 2030. The first-order valence-electron chi connectivity index (χ1n) is 13.9. The van der Waals surface area contributed by atoms with Crippen LogP contribution in [0.5, 0.6) is 5.75 Å². The van der Waals surface area contributed by atoms with Crippen LogP contribution < -0.4 is 10.3 Å². The Morgan fingerprint density at radius 2 is 1.34 bits per heavy atom. The van der Waals surface area contributed by atoms with Crippen molar-refractivity contribution < 1.29 is 4.74 Å². The number of pyridine rings is 1. The number of para-hydroxylation sites is 1. The van der Waals surface area contributed by atoms with Crippen molar-refractivity contribution in [1.82, 2.24) is 14.5 Å². The Morgan fingerprint density at radius 3 is 1.95 bits per heavy atom. The summed E-state index contributed by atoms with van der Waals surface area (Å²) in [5.74, 6) is 0.518. The zero-order chi connectivity index (χ0) is 28.1. The number of aromatic amines is 2. The second kappa shape index (κ2) is 9.86. The third kappa shape index (κ3) is 4.30. The lowest BCUT2D eigenvalue weighted by Crippen LogP contribution is -2.27. The highest BCUT2D eigenvalue weighted by molar-refractivity contribution is 5.90. The van der Waals surface area contributed by atoms with Crippen molar-refractivity contribution in [3.05, 3.63) is 147 Å².